The van der Waals surface area contributed by atoms with Crippen molar-refractivity contribution in [2.24, 2.45) is 0 Å². The topological polar surface area (TPSA) is 91.6 Å². The van der Waals surface area contributed by atoms with Crippen LogP contribution in [-0.2, 0) is 13.1 Å². The zero-order valence-corrected chi connectivity index (χ0v) is 9.51. The van der Waals surface area contributed by atoms with E-state index in [0.717, 1.165) is 4.57 Å². The molecule has 0 aliphatic rings. The monoisotopic (exact) mass is 232 g/mol. The summed E-state index contributed by atoms with van der Waals surface area (Å²) in [5, 5.41) is 17.2. The summed E-state index contributed by atoms with van der Waals surface area (Å²) in [6.07, 6.45) is 1.96. The van der Waals surface area contributed by atoms with Crippen molar-refractivity contribution in [3.8, 4) is 12.1 Å². The first-order valence-corrected chi connectivity index (χ1v) is 5.27. The molecule has 1 rings (SSSR count). The maximum absolute atomic E-state index is 11.8. The van der Waals surface area contributed by atoms with E-state index in [1.807, 2.05) is 6.07 Å². The van der Waals surface area contributed by atoms with Gasteiger partial charge in [-0.2, -0.15) is 10.5 Å². The summed E-state index contributed by atoms with van der Waals surface area (Å²) in [6.45, 7) is 2.32. The Labute approximate surface area is 98.0 Å². The minimum Gasteiger partial charge on any atom is -0.299 e. The van der Waals surface area contributed by atoms with Crippen LogP contribution < -0.4 is 11.2 Å². The van der Waals surface area contributed by atoms with Crippen LogP contribution in [0.3, 0.4) is 0 Å². The average Bonchev–Trinajstić information content (AvgIpc) is 2.34. The van der Waals surface area contributed by atoms with Gasteiger partial charge in [0.2, 0.25) is 0 Å². The molecule has 0 N–H and O–H groups in total. The predicted octanol–water partition coefficient (Wildman–Crippen LogP) is 0.205. The van der Waals surface area contributed by atoms with E-state index >= 15 is 0 Å². The molecule has 0 radical (unpaired) electrons. The lowest BCUT2D eigenvalue weighted by Crippen LogP contribution is -2.40. The molecule has 0 amide bonds. The highest BCUT2D eigenvalue weighted by molar-refractivity contribution is 5.22. The van der Waals surface area contributed by atoms with E-state index < -0.39 is 11.2 Å². The zero-order valence-electron chi connectivity index (χ0n) is 9.51. The molecule has 1 aromatic heterocycles. The molecule has 0 unspecified atom stereocenters. The number of hydrogen-bond donors (Lipinski definition) is 0. The molecule has 0 fully saturated rings. The lowest BCUT2D eigenvalue weighted by atomic mass is 10.3. The van der Waals surface area contributed by atoms with Gasteiger partial charge in [-0.25, -0.2) is 4.79 Å². The number of rotatable bonds is 4. The summed E-state index contributed by atoms with van der Waals surface area (Å²) in [4.78, 5) is 23.5. The Morgan fingerprint density at radius 3 is 2.59 bits per heavy atom. The molecule has 17 heavy (non-hydrogen) atoms. The molecule has 0 aromatic carbocycles. The van der Waals surface area contributed by atoms with E-state index in [4.69, 9.17) is 10.5 Å². The summed E-state index contributed by atoms with van der Waals surface area (Å²) in [7, 11) is 0. The van der Waals surface area contributed by atoms with Crippen molar-refractivity contribution in [2.45, 2.75) is 32.9 Å². The van der Waals surface area contributed by atoms with Crippen LogP contribution in [0, 0.1) is 22.7 Å². The second kappa shape index (κ2) is 5.66. The Morgan fingerprint density at radius 1 is 1.35 bits per heavy atom. The average molecular weight is 232 g/mol. The van der Waals surface area contributed by atoms with E-state index in [2.05, 4.69) is 0 Å². The smallest absolute Gasteiger partial charge is 0.299 e. The van der Waals surface area contributed by atoms with E-state index in [1.54, 1.807) is 13.0 Å². The summed E-state index contributed by atoms with van der Waals surface area (Å²) < 4.78 is 2.33. The molecule has 1 aromatic rings. The Kier molecular flexibility index (Phi) is 4.24. The van der Waals surface area contributed by atoms with Crippen LogP contribution in [0.2, 0.25) is 0 Å². The second-order valence-corrected chi connectivity index (χ2v) is 3.44. The molecule has 0 aliphatic carbocycles. The van der Waals surface area contributed by atoms with Gasteiger partial charge in [0, 0.05) is 25.7 Å². The van der Waals surface area contributed by atoms with Crippen molar-refractivity contribution < 1.29 is 0 Å². The van der Waals surface area contributed by atoms with Crippen molar-refractivity contribution >= 4 is 0 Å². The minimum atomic E-state index is -0.583. The van der Waals surface area contributed by atoms with Crippen LogP contribution in [0.25, 0.3) is 0 Å². The maximum atomic E-state index is 11.8. The number of nitrogens with zero attached hydrogens (tertiary/aromatic N) is 4. The van der Waals surface area contributed by atoms with Crippen LogP contribution in [-0.4, -0.2) is 9.13 Å². The van der Waals surface area contributed by atoms with Crippen molar-refractivity contribution in [2.75, 3.05) is 0 Å². The molecule has 0 aliphatic heterocycles. The Hall–Kier alpha value is -2.34. The third-order valence-electron chi connectivity index (χ3n) is 2.37. The number of aryl methyl sites for hydroxylation is 1. The lowest BCUT2D eigenvalue weighted by molar-refractivity contribution is 0.546. The standard InChI is InChI=1S/C11H12N4O2/c1-2-14-8-9(7-13)10(16)15(11(14)17)6-4-3-5-12/h8H,2-4,6H2,1H3. The highest BCUT2D eigenvalue weighted by Crippen LogP contribution is 1.92. The predicted molar refractivity (Wildman–Crippen MR) is 60.2 cm³/mol. The Morgan fingerprint density at radius 2 is 2.06 bits per heavy atom. The van der Waals surface area contributed by atoms with Gasteiger partial charge in [0.05, 0.1) is 6.07 Å². The van der Waals surface area contributed by atoms with Crippen LogP contribution in [0.15, 0.2) is 15.8 Å². The summed E-state index contributed by atoms with van der Waals surface area (Å²) >= 11 is 0. The Bertz CT molecular complexity index is 598. The van der Waals surface area contributed by atoms with Crippen LogP contribution in [0.4, 0.5) is 0 Å². The SMILES string of the molecule is CCn1cc(C#N)c(=O)n(CCCC#N)c1=O. The molecule has 0 bridgehead atoms. The molecule has 6 nitrogen and oxygen atoms in total. The molecule has 88 valence electrons. The number of unbranched alkanes of at least 4 members (excludes halogenated alkanes) is 1. The van der Waals surface area contributed by atoms with E-state index in [1.165, 1.54) is 10.8 Å². The summed E-state index contributed by atoms with van der Waals surface area (Å²) in [6, 6.07) is 3.71. The molecule has 6 heteroatoms. The highest BCUT2D eigenvalue weighted by Gasteiger charge is 2.09. The van der Waals surface area contributed by atoms with Crippen molar-refractivity contribution in [3.05, 3.63) is 32.6 Å². The van der Waals surface area contributed by atoms with Gasteiger partial charge in [-0.3, -0.25) is 13.9 Å². The number of nitriles is 2. The fourth-order valence-electron chi connectivity index (χ4n) is 1.47. The zero-order chi connectivity index (χ0) is 12.8. The van der Waals surface area contributed by atoms with Gasteiger partial charge in [-0.05, 0) is 13.3 Å². The summed E-state index contributed by atoms with van der Waals surface area (Å²) in [5.74, 6) is 0. The minimum absolute atomic E-state index is 0.0524. The van der Waals surface area contributed by atoms with Crippen LogP contribution >= 0.6 is 0 Å². The normalized spacial score (nSPS) is 9.59. The molecular weight excluding hydrogens is 220 g/mol. The molecule has 0 saturated heterocycles. The molecule has 0 spiro atoms. The van der Waals surface area contributed by atoms with Gasteiger partial charge < -0.3 is 0 Å². The molecule has 0 atom stereocenters. The lowest BCUT2D eigenvalue weighted by Gasteiger charge is -2.08. The third-order valence-corrected chi connectivity index (χ3v) is 2.37. The maximum Gasteiger partial charge on any atom is 0.331 e. The van der Waals surface area contributed by atoms with Gasteiger partial charge in [-0.15, -0.1) is 0 Å². The Balaban J connectivity index is 3.28. The number of hydrogen-bond acceptors (Lipinski definition) is 4. The molecular formula is C11H12N4O2. The van der Waals surface area contributed by atoms with Gasteiger partial charge in [0.25, 0.3) is 5.56 Å². The highest BCUT2D eigenvalue weighted by atomic mass is 16.2. The summed E-state index contributed by atoms with van der Waals surface area (Å²) in [5.41, 5.74) is -1.07. The van der Waals surface area contributed by atoms with Gasteiger partial charge in [-0.1, -0.05) is 0 Å². The molecule has 1 heterocycles. The first-order chi connectivity index (χ1) is 8.15. The first-order valence-electron chi connectivity index (χ1n) is 5.27. The first kappa shape index (κ1) is 12.7. The fourth-order valence-corrected chi connectivity index (χ4v) is 1.47. The van der Waals surface area contributed by atoms with Crippen LogP contribution in [0.5, 0.6) is 0 Å². The van der Waals surface area contributed by atoms with Crippen molar-refractivity contribution in [1.29, 1.82) is 10.5 Å². The number of aromatic nitrogens is 2. The van der Waals surface area contributed by atoms with Gasteiger partial charge in [0.1, 0.15) is 11.6 Å². The van der Waals surface area contributed by atoms with Crippen molar-refractivity contribution in [3.63, 3.8) is 0 Å². The van der Waals surface area contributed by atoms with Crippen LogP contribution in [0.1, 0.15) is 25.3 Å². The quantitative estimate of drug-likeness (QED) is 0.693. The van der Waals surface area contributed by atoms with E-state index in [-0.39, 0.29) is 18.5 Å². The van der Waals surface area contributed by atoms with Gasteiger partial charge >= 0.3 is 5.69 Å². The van der Waals surface area contributed by atoms with Gasteiger partial charge in [0.15, 0.2) is 0 Å². The van der Waals surface area contributed by atoms with Crippen molar-refractivity contribution in [1.82, 2.24) is 9.13 Å². The van der Waals surface area contributed by atoms with E-state index in [0.29, 0.717) is 13.0 Å². The fraction of sp³-hybridized carbons (Fsp3) is 0.455. The largest absolute Gasteiger partial charge is 0.331 e. The third kappa shape index (κ3) is 2.61. The van der Waals surface area contributed by atoms with E-state index in [9.17, 15) is 9.59 Å². The second-order valence-electron chi connectivity index (χ2n) is 3.44. The molecule has 0 saturated carbocycles.